The van der Waals surface area contributed by atoms with E-state index >= 15 is 0 Å². The predicted octanol–water partition coefficient (Wildman–Crippen LogP) is 3.18. The Morgan fingerprint density at radius 1 is 0.895 bits per heavy atom. The largest absolute Gasteiger partial charge is 0.478 e. The van der Waals surface area contributed by atoms with Gasteiger partial charge in [0.1, 0.15) is 0 Å². The van der Waals surface area contributed by atoms with Gasteiger partial charge in [-0.15, -0.1) is 0 Å². The van der Waals surface area contributed by atoms with E-state index in [1.165, 1.54) is 0 Å². The van der Waals surface area contributed by atoms with Gasteiger partial charge < -0.3 is 10.2 Å². The smallest absolute Gasteiger partial charge is 0.336 e. The average Bonchev–Trinajstić information content (AvgIpc) is 2.45. The topological polar surface area (TPSA) is 57.5 Å². The Kier molecular flexibility index (Phi) is 2.69. The zero-order chi connectivity index (χ0) is 13.4. The van der Waals surface area contributed by atoms with Crippen LogP contribution in [-0.4, -0.2) is 16.2 Å². The second-order valence-electron chi connectivity index (χ2n) is 4.45. The van der Waals surface area contributed by atoms with Crippen LogP contribution in [0.5, 0.6) is 0 Å². The molecule has 0 bridgehead atoms. The molecule has 0 atom stereocenters. The van der Waals surface area contributed by atoms with Crippen LogP contribution in [0.2, 0.25) is 0 Å². The second-order valence-corrected chi connectivity index (χ2v) is 4.45. The Labute approximate surface area is 109 Å². The van der Waals surface area contributed by atoms with Crippen molar-refractivity contribution in [1.82, 2.24) is 0 Å². The Morgan fingerprint density at radius 3 is 2.16 bits per heavy atom. The lowest BCUT2D eigenvalue weighted by atomic mass is 9.94. The fraction of sp³-hybridized carbons (Fsp3) is 0.0625. The van der Waals surface area contributed by atoms with E-state index in [1.807, 2.05) is 36.4 Å². The summed E-state index contributed by atoms with van der Waals surface area (Å²) >= 11 is 0. The molecule has 3 rings (SSSR count). The second kappa shape index (κ2) is 4.37. The fourth-order valence-electron chi connectivity index (χ4n) is 2.54. The van der Waals surface area contributed by atoms with Gasteiger partial charge in [-0.2, -0.15) is 0 Å². The molecule has 3 heteroatoms. The molecule has 2 N–H and O–H groups in total. The third kappa shape index (κ3) is 1.75. The van der Waals surface area contributed by atoms with Crippen molar-refractivity contribution >= 4 is 27.5 Å². The summed E-state index contributed by atoms with van der Waals surface area (Å²) in [7, 11) is 0. The lowest BCUT2D eigenvalue weighted by molar-refractivity contribution is 0.0699. The number of carbonyl (C=O) groups is 1. The lowest BCUT2D eigenvalue weighted by Crippen LogP contribution is -1.99. The number of aromatic carboxylic acids is 1. The SMILES string of the molecule is O=C(O)c1cccc2ccc3cccc(CO)c3c12. The zero-order valence-electron chi connectivity index (χ0n) is 10.1. The van der Waals surface area contributed by atoms with Crippen molar-refractivity contribution in [2.24, 2.45) is 0 Å². The molecule has 3 aromatic carbocycles. The number of hydrogen-bond donors (Lipinski definition) is 2. The summed E-state index contributed by atoms with van der Waals surface area (Å²) in [6.07, 6.45) is 0. The number of benzene rings is 3. The summed E-state index contributed by atoms with van der Waals surface area (Å²) in [4.78, 5) is 11.4. The van der Waals surface area contributed by atoms with Gasteiger partial charge in [0.15, 0.2) is 0 Å². The van der Waals surface area contributed by atoms with Crippen LogP contribution in [0.15, 0.2) is 48.5 Å². The third-order valence-corrected chi connectivity index (χ3v) is 3.37. The Balaban J connectivity index is 2.60. The van der Waals surface area contributed by atoms with E-state index in [1.54, 1.807) is 12.1 Å². The molecular formula is C16H12O3. The van der Waals surface area contributed by atoms with Crippen LogP contribution in [-0.2, 0) is 6.61 Å². The molecule has 94 valence electrons. The normalized spacial score (nSPS) is 11.0. The molecule has 0 radical (unpaired) electrons. The van der Waals surface area contributed by atoms with Crippen molar-refractivity contribution in [3.8, 4) is 0 Å². The summed E-state index contributed by atoms with van der Waals surface area (Å²) in [5.41, 5.74) is 1.01. The molecule has 0 spiro atoms. The molecule has 0 aliphatic heterocycles. The standard InChI is InChI=1S/C16H12O3/c17-9-12-5-1-3-10-7-8-11-4-2-6-13(16(18)19)15(11)14(10)12/h1-8,17H,9H2,(H,18,19). The monoisotopic (exact) mass is 252 g/mol. The first-order valence-electron chi connectivity index (χ1n) is 6.00. The number of rotatable bonds is 2. The Hall–Kier alpha value is -2.39. The zero-order valence-corrected chi connectivity index (χ0v) is 10.1. The molecular weight excluding hydrogens is 240 g/mol. The maximum Gasteiger partial charge on any atom is 0.336 e. The molecule has 19 heavy (non-hydrogen) atoms. The number of aliphatic hydroxyl groups is 1. The maximum atomic E-state index is 11.4. The van der Waals surface area contributed by atoms with Crippen molar-refractivity contribution < 1.29 is 15.0 Å². The van der Waals surface area contributed by atoms with E-state index in [2.05, 4.69) is 0 Å². The Morgan fingerprint density at radius 2 is 1.53 bits per heavy atom. The van der Waals surface area contributed by atoms with Gasteiger partial charge in [-0.3, -0.25) is 0 Å². The number of aliphatic hydroxyl groups excluding tert-OH is 1. The minimum Gasteiger partial charge on any atom is -0.478 e. The molecule has 0 aliphatic carbocycles. The number of carboxylic acid groups (broad SMARTS) is 1. The van der Waals surface area contributed by atoms with E-state index in [0.29, 0.717) is 5.39 Å². The van der Waals surface area contributed by atoms with Crippen LogP contribution in [0.4, 0.5) is 0 Å². The van der Waals surface area contributed by atoms with Gasteiger partial charge in [-0.1, -0.05) is 42.5 Å². The van der Waals surface area contributed by atoms with Gasteiger partial charge in [0.2, 0.25) is 0 Å². The van der Waals surface area contributed by atoms with Crippen LogP contribution in [0.3, 0.4) is 0 Å². The van der Waals surface area contributed by atoms with Gasteiger partial charge in [0.25, 0.3) is 0 Å². The number of hydrogen-bond acceptors (Lipinski definition) is 2. The van der Waals surface area contributed by atoms with Crippen LogP contribution < -0.4 is 0 Å². The molecule has 3 aromatic rings. The highest BCUT2D eigenvalue weighted by atomic mass is 16.4. The first kappa shape index (κ1) is 11.7. The van der Waals surface area contributed by atoms with Gasteiger partial charge in [-0.25, -0.2) is 4.79 Å². The van der Waals surface area contributed by atoms with Crippen LogP contribution in [0, 0.1) is 0 Å². The summed E-state index contributed by atoms with van der Waals surface area (Å²) < 4.78 is 0. The summed E-state index contributed by atoms with van der Waals surface area (Å²) in [5.74, 6) is -0.953. The third-order valence-electron chi connectivity index (χ3n) is 3.37. The minimum atomic E-state index is -0.953. The molecule has 0 saturated heterocycles. The molecule has 0 unspecified atom stereocenters. The van der Waals surface area contributed by atoms with Crippen molar-refractivity contribution in [2.45, 2.75) is 6.61 Å². The van der Waals surface area contributed by atoms with Crippen molar-refractivity contribution in [3.63, 3.8) is 0 Å². The lowest BCUT2D eigenvalue weighted by Gasteiger charge is -2.10. The van der Waals surface area contributed by atoms with Crippen LogP contribution in [0.1, 0.15) is 15.9 Å². The average molecular weight is 252 g/mol. The quantitative estimate of drug-likeness (QED) is 0.689. The predicted molar refractivity (Wildman–Crippen MR) is 74.3 cm³/mol. The fourth-order valence-corrected chi connectivity index (χ4v) is 2.54. The molecule has 0 saturated carbocycles. The number of fused-ring (bicyclic) bond motifs is 3. The van der Waals surface area contributed by atoms with Crippen molar-refractivity contribution in [3.05, 3.63) is 59.7 Å². The molecule has 3 nitrogen and oxygen atoms in total. The van der Waals surface area contributed by atoms with Gasteiger partial charge in [0, 0.05) is 5.39 Å². The van der Waals surface area contributed by atoms with Gasteiger partial charge in [0.05, 0.1) is 12.2 Å². The van der Waals surface area contributed by atoms with E-state index < -0.39 is 5.97 Å². The van der Waals surface area contributed by atoms with Gasteiger partial charge in [-0.05, 0) is 27.8 Å². The summed E-state index contributed by atoms with van der Waals surface area (Å²) in [5, 5.41) is 22.1. The van der Waals surface area contributed by atoms with Gasteiger partial charge >= 0.3 is 5.97 Å². The molecule has 0 amide bonds. The minimum absolute atomic E-state index is 0.107. The first-order valence-corrected chi connectivity index (χ1v) is 6.00. The molecule has 0 fully saturated rings. The van der Waals surface area contributed by atoms with E-state index in [-0.39, 0.29) is 12.2 Å². The van der Waals surface area contributed by atoms with E-state index in [0.717, 1.165) is 21.7 Å². The van der Waals surface area contributed by atoms with Crippen molar-refractivity contribution in [2.75, 3.05) is 0 Å². The molecule has 0 aliphatic rings. The van der Waals surface area contributed by atoms with E-state index in [4.69, 9.17) is 0 Å². The van der Waals surface area contributed by atoms with Crippen molar-refractivity contribution in [1.29, 1.82) is 0 Å². The Bertz CT molecular complexity index is 790. The molecule has 0 aromatic heterocycles. The van der Waals surface area contributed by atoms with Crippen LogP contribution >= 0.6 is 0 Å². The highest BCUT2D eigenvalue weighted by Gasteiger charge is 2.13. The van der Waals surface area contributed by atoms with E-state index in [9.17, 15) is 15.0 Å². The first-order chi connectivity index (χ1) is 9.22. The maximum absolute atomic E-state index is 11.4. The highest BCUT2D eigenvalue weighted by Crippen LogP contribution is 2.31. The molecule has 0 heterocycles. The summed E-state index contributed by atoms with van der Waals surface area (Å²) in [6.45, 7) is -0.107. The summed E-state index contributed by atoms with van der Waals surface area (Å²) in [6, 6.07) is 14.7. The van der Waals surface area contributed by atoms with Crippen LogP contribution in [0.25, 0.3) is 21.5 Å². The highest BCUT2D eigenvalue weighted by molar-refractivity contribution is 6.17. The number of carboxylic acids is 1.